The lowest BCUT2D eigenvalue weighted by Crippen LogP contribution is -2.46. The van der Waals surface area contributed by atoms with Gasteiger partial charge in [0.2, 0.25) is 10.0 Å². The summed E-state index contributed by atoms with van der Waals surface area (Å²) in [5.41, 5.74) is 6.38. The average Bonchev–Trinajstić information content (AvgIpc) is 2.89. The number of rotatable bonds is 4. The third-order valence-electron chi connectivity index (χ3n) is 6.44. The normalized spacial score (nSPS) is 19.0. The summed E-state index contributed by atoms with van der Waals surface area (Å²) in [4.78, 5) is 3.96. The zero-order valence-electron chi connectivity index (χ0n) is 20.5. The van der Waals surface area contributed by atoms with Gasteiger partial charge in [-0.05, 0) is 53.6 Å². The summed E-state index contributed by atoms with van der Waals surface area (Å²) in [6, 6.07) is 13.8. The van der Waals surface area contributed by atoms with Crippen LogP contribution in [0.4, 0.5) is 22.0 Å². The minimum absolute atomic E-state index is 0. The van der Waals surface area contributed by atoms with E-state index < -0.39 is 39.4 Å². The Morgan fingerprint density at radius 1 is 0.925 bits per heavy atom. The van der Waals surface area contributed by atoms with Gasteiger partial charge in [-0.3, -0.25) is 0 Å². The number of benzene rings is 3. The summed E-state index contributed by atoms with van der Waals surface area (Å²) in [6.45, 7) is -0.531. The van der Waals surface area contributed by atoms with Gasteiger partial charge in [0.1, 0.15) is 17.7 Å². The van der Waals surface area contributed by atoms with Gasteiger partial charge in [0.15, 0.2) is 5.96 Å². The molecule has 2 aliphatic rings. The zero-order valence-corrected chi connectivity index (χ0v) is 22.1. The molecule has 0 spiro atoms. The highest BCUT2D eigenvalue weighted by Gasteiger charge is 2.38. The van der Waals surface area contributed by atoms with Gasteiger partial charge in [0.25, 0.3) is 0 Å². The molecule has 0 aliphatic carbocycles. The standard InChI is InChI=1S/C27H21F5N4O2S.ClH/c28-22-7-3-1-5-16(22)13-17-14-36(39(37,38)19-11-9-18(10-12-19)27(30,31)32)15-21-24(17)34-26(33)35-25(21)20-6-2-4-8-23(20)29;/h1-13,25H,14-15H2,(H3,33,34,35);1H/b17-13+;. The highest BCUT2D eigenvalue weighted by Crippen LogP contribution is 2.39. The summed E-state index contributed by atoms with van der Waals surface area (Å²) in [5, 5.41) is 2.91. The number of alkyl halides is 3. The van der Waals surface area contributed by atoms with Gasteiger partial charge in [-0.2, -0.15) is 17.5 Å². The molecule has 3 N–H and O–H groups in total. The van der Waals surface area contributed by atoms with Crippen LogP contribution >= 0.6 is 12.4 Å². The fourth-order valence-electron chi connectivity index (χ4n) is 4.55. The first-order chi connectivity index (χ1) is 18.4. The van der Waals surface area contributed by atoms with Crippen molar-refractivity contribution in [2.75, 3.05) is 13.1 Å². The fourth-order valence-corrected chi connectivity index (χ4v) is 5.94. The predicted molar refractivity (Wildman–Crippen MR) is 143 cm³/mol. The summed E-state index contributed by atoms with van der Waals surface area (Å²) in [7, 11) is -4.34. The number of hydrogen-bond acceptors (Lipinski definition) is 5. The number of halogens is 6. The maximum Gasteiger partial charge on any atom is 0.416 e. The van der Waals surface area contributed by atoms with E-state index in [0.29, 0.717) is 29.0 Å². The van der Waals surface area contributed by atoms with Crippen LogP contribution in [0.15, 0.2) is 99.5 Å². The van der Waals surface area contributed by atoms with Crippen molar-refractivity contribution in [2.45, 2.75) is 17.1 Å². The van der Waals surface area contributed by atoms with Gasteiger partial charge < -0.3 is 11.1 Å². The van der Waals surface area contributed by atoms with Crippen LogP contribution in [0, 0.1) is 11.6 Å². The van der Waals surface area contributed by atoms with Crippen molar-refractivity contribution in [2.24, 2.45) is 10.7 Å². The Bertz CT molecular complexity index is 1640. The lowest BCUT2D eigenvalue weighted by Gasteiger charge is -2.37. The summed E-state index contributed by atoms with van der Waals surface area (Å²) < 4.78 is 96.9. The third-order valence-corrected chi connectivity index (χ3v) is 8.25. The Morgan fingerprint density at radius 2 is 1.55 bits per heavy atom. The molecule has 0 fully saturated rings. The van der Waals surface area contributed by atoms with Crippen molar-refractivity contribution in [1.82, 2.24) is 9.62 Å². The van der Waals surface area contributed by atoms with E-state index in [2.05, 4.69) is 10.3 Å². The largest absolute Gasteiger partial charge is 0.416 e. The topological polar surface area (TPSA) is 87.8 Å². The number of nitrogens with zero attached hydrogens (tertiary/aromatic N) is 2. The van der Waals surface area contributed by atoms with E-state index in [1.165, 1.54) is 42.5 Å². The van der Waals surface area contributed by atoms with Crippen molar-refractivity contribution in [3.8, 4) is 0 Å². The molecule has 3 aromatic carbocycles. The van der Waals surface area contributed by atoms with Gasteiger partial charge in [-0.25, -0.2) is 22.2 Å². The Morgan fingerprint density at radius 3 is 2.17 bits per heavy atom. The maximum absolute atomic E-state index is 14.8. The second kappa shape index (κ2) is 11.0. The number of hydrogen-bond donors (Lipinski definition) is 2. The van der Waals surface area contributed by atoms with Crippen LogP contribution in [0.2, 0.25) is 0 Å². The van der Waals surface area contributed by atoms with Crippen LogP contribution < -0.4 is 11.1 Å². The highest BCUT2D eigenvalue weighted by atomic mass is 35.5. The molecule has 1 atom stereocenters. The van der Waals surface area contributed by atoms with E-state index in [9.17, 15) is 30.4 Å². The minimum Gasteiger partial charge on any atom is -0.370 e. The molecule has 210 valence electrons. The molecule has 40 heavy (non-hydrogen) atoms. The fraction of sp³-hybridized carbons (Fsp3) is 0.148. The molecule has 3 aromatic rings. The Labute approximate surface area is 233 Å². The monoisotopic (exact) mass is 596 g/mol. The van der Waals surface area contributed by atoms with Crippen LogP contribution in [0.3, 0.4) is 0 Å². The first-order valence-corrected chi connectivity index (χ1v) is 13.1. The van der Waals surface area contributed by atoms with Crippen molar-refractivity contribution >= 4 is 34.5 Å². The van der Waals surface area contributed by atoms with Crippen LogP contribution in [0.1, 0.15) is 22.7 Å². The molecule has 5 rings (SSSR count). The van der Waals surface area contributed by atoms with Crippen molar-refractivity contribution in [3.05, 3.63) is 118 Å². The van der Waals surface area contributed by atoms with Crippen LogP contribution in [-0.4, -0.2) is 31.8 Å². The number of nitrogens with one attached hydrogen (secondary N) is 1. The highest BCUT2D eigenvalue weighted by molar-refractivity contribution is 7.89. The van der Waals surface area contributed by atoms with Gasteiger partial charge >= 0.3 is 6.18 Å². The Balaban J connectivity index is 0.00000370. The first kappa shape index (κ1) is 29.2. The van der Waals surface area contributed by atoms with Crippen molar-refractivity contribution in [3.63, 3.8) is 0 Å². The predicted octanol–water partition coefficient (Wildman–Crippen LogP) is 5.41. The van der Waals surface area contributed by atoms with E-state index in [1.54, 1.807) is 12.1 Å². The van der Waals surface area contributed by atoms with E-state index in [1.807, 2.05) is 0 Å². The Kier molecular flexibility index (Phi) is 8.06. The molecule has 13 heteroatoms. The molecule has 0 saturated carbocycles. The molecule has 0 bridgehead atoms. The smallest absolute Gasteiger partial charge is 0.370 e. The molecule has 0 radical (unpaired) electrons. The second-order valence-electron chi connectivity index (χ2n) is 8.95. The van der Waals surface area contributed by atoms with Gasteiger partial charge in [-0.1, -0.05) is 36.4 Å². The van der Waals surface area contributed by atoms with Crippen LogP contribution in [-0.2, 0) is 16.2 Å². The van der Waals surface area contributed by atoms with E-state index in [0.717, 1.165) is 16.4 Å². The van der Waals surface area contributed by atoms with Crippen LogP contribution in [0.5, 0.6) is 0 Å². The van der Waals surface area contributed by atoms with Crippen LogP contribution in [0.25, 0.3) is 6.08 Å². The number of nitrogens with two attached hydrogens (primary N) is 1. The number of sulfonamides is 1. The quantitative estimate of drug-likeness (QED) is 0.395. The van der Waals surface area contributed by atoms with Crippen molar-refractivity contribution < 1.29 is 30.4 Å². The molecule has 2 aliphatic heterocycles. The summed E-state index contributed by atoms with van der Waals surface area (Å²) in [6.07, 6.45) is -3.19. The van der Waals surface area contributed by atoms with Gasteiger partial charge in [0.05, 0.1) is 10.5 Å². The lowest BCUT2D eigenvalue weighted by atomic mass is 9.90. The lowest BCUT2D eigenvalue weighted by molar-refractivity contribution is -0.137. The molecular weight excluding hydrogens is 575 g/mol. The Hall–Kier alpha value is -3.74. The molecule has 0 amide bonds. The molecule has 1 unspecified atom stereocenters. The van der Waals surface area contributed by atoms with E-state index in [-0.39, 0.29) is 47.5 Å². The summed E-state index contributed by atoms with van der Waals surface area (Å²) in [5.74, 6) is -1.19. The van der Waals surface area contributed by atoms with E-state index in [4.69, 9.17) is 5.73 Å². The third kappa shape index (κ3) is 5.60. The molecule has 6 nitrogen and oxygen atoms in total. The maximum atomic E-state index is 14.8. The van der Waals surface area contributed by atoms with Crippen molar-refractivity contribution in [1.29, 1.82) is 0 Å². The van der Waals surface area contributed by atoms with Gasteiger partial charge in [-0.15, -0.1) is 12.4 Å². The average molecular weight is 597 g/mol. The molecular formula is C27H22ClF5N4O2S. The molecule has 0 saturated heterocycles. The minimum atomic E-state index is -4.64. The van der Waals surface area contributed by atoms with Gasteiger partial charge in [0, 0.05) is 29.9 Å². The zero-order chi connectivity index (χ0) is 27.9. The number of aliphatic imine (C=N–C) groups is 1. The number of guanidine groups is 1. The SMILES string of the molecule is Cl.NC1=NC(c2ccccc2F)C2=C(N1)/C(=C/c1ccccc1F)CN(S(=O)(=O)c1ccc(C(F)(F)F)cc1)C2. The molecule has 0 aromatic heterocycles. The summed E-state index contributed by atoms with van der Waals surface area (Å²) >= 11 is 0. The second-order valence-corrected chi connectivity index (χ2v) is 10.9. The van der Waals surface area contributed by atoms with E-state index >= 15 is 0 Å². The molecule has 2 heterocycles. The first-order valence-electron chi connectivity index (χ1n) is 11.7.